The number of carbonyl (C=O) groups is 4. The summed E-state index contributed by atoms with van der Waals surface area (Å²) in [5.74, 6) is -1.94. The summed E-state index contributed by atoms with van der Waals surface area (Å²) in [5, 5.41) is 0. The first-order chi connectivity index (χ1) is 12.7. The molecule has 1 aliphatic heterocycles. The summed E-state index contributed by atoms with van der Waals surface area (Å²) in [4.78, 5) is 52.6. The molecule has 154 valence electrons. The molecule has 8 N–H and O–H groups in total. The Labute approximate surface area is 158 Å². The Morgan fingerprint density at radius 1 is 0.481 bits per heavy atom. The fourth-order valence-electron chi connectivity index (χ4n) is 2.95. The van der Waals surface area contributed by atoms with Gasteiger partial charge in [0, 0.05) is 39.3 Å². The van der Waals surface area contributed by atoms with Crippen molar-refractivity contribution in [2.75, 3.05) is 72.1 Å². The van der Waals surface area contributed by atoms with E-state index in [9.17, 15) is 19.2 Å². The van der Waals surface area contributed by atoms with Crippen LogP contribution in [0.15, 0.2) is 0 Å². The van der Waals surface area contributed by atoms with E-state index in [0.29, 0.717) is 45.9 Å². The van der Waals surface area contributed by atoms with Crippen LogP contribution in [-0.4, -0.2) is 115 Å². The van der Waals surface area contributed by atoms with Gasteiger partial charge >= 0.3 is 0 Å². The molecule has 27 heavy (non-hydrogen) atoms. The van der Waals surface area contributed by atoms with Crippen molar-refractivity contribution in [1.29, 1.82) is 0 Å². The van der Waals surface area contributed by atoms with Crippen molar-refractivity contribution >= 4 is 23.6 Å². The first-order valence-corrected chi connectivity index (χ1v) is 8.68. The average Bonchev–Trinajstić information content (AvgIpc) is 2.54. The number of primary amides is 4. The van der Waals surface area contributed by atoms with Crippen LogP contribution in [0, 0.1) is 0 Å². The minimum absolute atomic E-state index is 0.00464. The first-order valence-electron chi connectivity index (χ1n) is 8.68. The molecular formula is C15H30N8O4. The number of carbonyl (C=O) groups excluding carboxylic acids is 4. The van der Waals surface area contributed by atoms with E-state index in [4.69, 9.17) is 22.9 Å². The molecule has 0 aromatic heterocycles. The molecule has 0 radical (unpaired) electrons. The normalized spacial score (nSPS) is 19.3. The van der Waals surface area contributed by atoms with E-state index in [2.05, 4.69) is 0 Å². The second kappa shape index (κ2) is 11.4. The molecule has 1 fully saturated rings. The molecule has 1 heterocycles. The van der Waals surface area contributed by atoms with Gasteiger partial charge in [0.2, 0.25) is 23.6 Å². The van der Waals surface area contributed by atoms with E-state index in [0.717, 1.165) is 0 Å². The van der Waals surface area contributed by atoms with Gasteiger partial charge < -0.3 is 22.9 Å². The van der Waals surface area contributed by atoms with Crippen LogP contribution in [0.3, 0.4) is 0 Å². The van der Waals surface area contributed by atoms with Crippen LogP contribution in [0.5, 0.6) is 0 Å². The Hall–Kier alpha value is -2.28. The molecule has 12 heteroatoms. The van der Waals surface area contributed by atoms with Crippen LogP contribution in [0.25, 0.3) is 0 Å². The largest absolute Gasteiger partial charge is 0.369 e. The highest BCUT2D eigenvalue weighted by Gasteiger charge is 2.21. The molecule has 0 saturated carbocycles. The lowest BCUT2D eigenvalue weighted by molar-refractivity contribution is -0.122. The topological polar surface area (TPSA) is 185 Å². The number of nitrogens with two attached hydrogens (primary N) is 4. The maximum Gasteiger partial charge on any atom is 0.231 e. The average molecular weight is 386 g/mol. The predicted molar refractivity (Wildman–Crippen MR) is 97.7 cm³/mol. The van der Waals surface area contributed by atoms with Gasteiger partial charge in [0.05, 0.1) is 32.8 Å². The number of hydrogen-bond acceptors (Lipinski definition) is 8. The summed E-state index contributed by atoms with van der Waals surface area (Å²) in [5.41, 5.74) is 21.2. The lowest BCUT2D eigenvalue weighted by Gasteiger charge is -2.30. The highest BCUT2D eigenvalue weighted by molar-refractivity contribution is 5.77. The van der Waals surface area contributed by atoms with Crippen molar-refractivity contribution in [1.82, 2.24) is 19.6 Å². The molecule has 0 aliphatic carbocycles. The highest BCUT2D eigenvalue weighted by Crippen LogP contribution is 2.02. The van der Waals surface area contributed by atoms with E-state index in [1.807, 2.05) is 9.80 Å². The molecule has 0 unspecified atom stereocenters. The SMILES string of the molecule is NC(=O)CN1CCN(CC(N)=O)CCN(CC(N)=O)CN(CC(N)=O)CC1. The predicted octanol–water partition coefficient (Wildman–Crippen LogP) is -4.89. The zero-order valence-electron chi connectivity index (χ0n) is 15.5. The Morgan fingerprint density at radius 3 is 0.963 bits per heavy atom. The van der Waals surface area contributed by atoms with Crippen molar-refractivity contribution < 1.29 is 19.2 Å². The molecule has 1 saturated heterocycles. The van der Waals surface area contributed by atoms with Crippen LogP contribution >= 0.6 is 0 Å². The molecule has 0 spiro atoms. The van der Waals surface area contributed by atoms with E-state index in [1.54, 1.807) is 9.80 Å². The third-order valence-electron chi connectivity index (χ3n) is 4.12. The first kappa shape index (κ1) is 22.8. The molecule has 0 aromatic rings. The summed E-state index contributed by atoms with van der Waals surface area (Å²) in [6.45, 7) is 3.22. The number of hydrogen-bond donors (Lipinski definition) is 4. The zero-order chi connectivity index (χ0) is 20.4. The fourth-order valence-corrected chi connectivity index (χ4v) is 2.95. The summed E-state index contributed by atoms with van der Waals surface area (Å²) >= 11 is 0. The second-order valence-electron chi connectivity index (χ2n) is 6.66. The number of rotatable bonds is 8. The quantitative estimate of drug-likeness (QED) is 0.319. The van der Waals surface area contributed by atoms with E-state index in [1.165, 1.54) is 0 Å². The van der Waals surface area contributed by atoms with Crippen molar-refractivity contribution in [3.63, 3.8) is 0 Å². The van der Waals surface area contributed by atoms with E-state index < -0.39 is 23.6 Å². The van der Waals surface area contributed by atoms with Crippen molar-refractivity contribution in [3.05, 3.63) is 0 Å². The van der Waals surface area contributed by atoms with Crippen LogP contribution in [-0.2, 0) is 19.2 Å². The summed E-state index contributed by atoms with van der Waals surface area (Å²) in [6.07, 6.45) is 0. The van der Waals surface area contributed by atoms with Gasteiger partial charge in [-0.3, -0.25) is 38.8 Å². The number of amides is 4. The molecule has 1 rings (SSSR count). The maximum atomic E-state index is 11.4. The van der Waals surface area contributed by atoms with Crippen molar-refractivity contribution in [3.8, 4) is 0 Å². The van der Waals surface area contributed by atoms with Crippen LogP contribution < -0.4 is 22.9 Å². The Morgan fingerprint density at radius 2 is 0.704 bits per heavy atom. The monoisotopic (exact) mass is 386 g/mol. The van der Waals surface area contributed by atoms with Crippen LogP contribution in [0.4, 0.5) is 0 Å². The zero-order valence-corrected chi connectivity index (χ0v) is 15.5. The van der Waals surface area contributed by atoms with Crippen LogP contribution in [0.1, 0.15) is 0 Å². The van der Waals surface area contributed by atoms with Gasteiger partial charge in [-0.25, -0.2) is 0 Å². The van der Waals surface area contributed by atoms with Gasteiger partial charge in [0.25, 0.3) is 0 Å². The summed E-state index contributed by atoms with van der Waals surface area (Å²) in [6, 6.07) is 0. The lowest BCUT2D eigenvalue weighted by Crippen LogP contribution is -2.48. The van der Waals surface area contributed by atoms with Gasteiger partial charge in [0.15, 0.2) is 0 Å². The molecule has 0 atom stereocenters. The van der Waals surface area contributed by atoms with E-state index in [-0.39, 0.29) is 26.2 Å². The Balaban J connectivity index is 2.95. The van der Waals surface area contributed by atoms with Gasteiger partial charge in [-0.15, -0.1) is 0 Å². The molecule has 12 nitrogen and oxygen atoms in total. The summed E-state index contributed by atoms with van der Waals surface area (Å²) in [7, 11) is 0. The summed E-state index contributed by atoms with van der Waals surface area (Å²) < 4.78 is 0. The van der Waals surface area contributed by atoms with E-state index >= 15 is 0 Å². The molecular weight excluding hydrogens is 356 g/mol. The minimum Gasteiger partial charge on any atom is -0.369 e. The Bertz CT molecular complexity index is 498. The fraction of sp³-hybridized carbons (Fsp3) is 0.733. The third kappa shape index (κ3) is 10.5. The molecule has 0 aromatic carbocycles. The van der Waals surface area contributed by atoms with Gasteiger partial charge in [-0.2, -0.15) is 0 Å². The second-order valence-corrected chi connectivity index (χ2v) is 6.66. The van der Waals surface area contributed by atoms with Gasteiger partial charge in [0.1, 0.15) is 0 Å². The molecule has 1 aliphatic rings. The Kier molecular flexibility index (Phi) is 9.64. The standard InChI is InChI=1S/C15H30N8O4/c16-12(24)7-20-1-2-21(8-13(17)25)4-6-23(10-15(19)27)11-22(5-3-20)9-14(18)26/h1-11H2,(H2,16,24)(H2,17,25)(H2,18,26)(H2,19,27). The third-order valence-corrected chi connectivity index (χ3v) is 4.12. The molecule has 0 bridgehead atoms. The number of nitrogens with zero attached hydrogens (tertiary/aromatic N) is 4. The van der Waals surface area contributed by atoms with Crippen molar-refractivity contribution in [2.24, 2.45) is 22.9 Å². The minimum atomic E-state index is -0.499. The maximum absolute atomic E-state index is 11.4. The van der Waals surface area contributed by atoms with Gasteiger partial charge in [-0.05, 0) is 0 Å². The molecule has 4 amide bonds. The lowest BCUT2D eigenvalue weighted by atomic mass is 10.3. The highest BCUT2D eigenvalue weighted by atomic mass is 16.2. The van der Waals surface area contributed by atoms with Gasteiger partial charge in [-0.1, -0.05) is 0 Å². The van der Waals surface area contributed by atoms with Crippen LogP contribution in [0.2, 0.25) is 0 Å². The van der Waals surface area contributed by atoms with Crippen molar-refractivity contribution in [2.45, 2.75) is 0 Å². The smallest absolute Gasteiger partial charge is 0.231 e.